The minimum atomic E-state index is -3.68. The van der Waals surface area contributed by atoms with E-state index in [4.69, 9.17) is 11.6 Å². The van der Waals surface area contributed by atoms with Gasteiger partial charge >= 0.3 is 0 Å². The van der Waals surface area contributed by atoms with Crippen LogP contribution in [0.2, 0.25) is 5.15 Å². The quantitative estimate of drug-likeness (QED) is 0.922. The Morgan fingerprint density at radius 3 is 2.89 bits per heavy atom. The first-order valence-electron chi connectivity index (χ1n) is 6.10. The summed E-state index contributed by atoms with van der Waals surface area (Å²) in [6, 6.07) is 5.09. The second-order valence-electron chi connectivity index (χ2n) is 4.45. The lowest BCUT2D eigenvalue weighted by atomic mass is 10.2. The summed E-state index contributed by atoms with van der Waals surface area (Å²) in [5.74, 6) is 0. The summed E-state index contributed by atoms with van der Waals surface area (Å²) in [4.78, 5) is 4.04. The van der Waals surface area contributed by atoms with E-state index in [0.717, 1.165) is 12.8 Å². The molecule has 5 nitrogen and oxygen atoms in total. The van der Waals surface area contributed by atoms with Gasteiger partial charge in [-0.1, -0.05) is 31.0 Å². The van der Waals surface area contributed by atoms with Gasteiger partial charge in [0.2, 0.25) is 0 Å². The molecule has 0 spiro atoms. The van der Waals surface area contributed by atoms with E-state index in [1.54, 1.807) is 24.4 Å². The maximum absolute atomic E-state index is 12.4. The first-order valence-corrected chi connectivity index (χ1v) is 7.96. The van der Waals surface area contributed by atoms with Crippen molar-refractivity contribution in [1.82, 2.24) is 14.1 Å². The summed E-state index contributed by atoms with van der Waals surface area (Å²) in [5, 5.41) is -0.0184. The number of rotatable bonds is 5. The van der Waals surface area contributed by atoms with Crippen molar-refractivity contribution in [3.63, 3.8) is 0 Å². The molecule has 1 N–H and O–H groups in total. The molecule has 0 amide bonds. The number of hydrogen-bond donors (Lipinski definition) is 1. The molecule has 0 bridgehead atoms. The molecule has 7 heteroatoms. The van der Waals surface area contributed by atoms with Crippen molar-refractivity contribution in [2.45, 2.75) is 37.8 Å². The highest BCUT2D eigenvalue weighted by atomic mass is 35.5. The number of fused-ring (bicyclic) bond motifs is 1. The van der Waals surface area contributed by atoms with Crippen LogP contribution >= 0.6 is 11.6 Å². The Kier molecular flexibility index (Phi) is 4.13. The molecule has 0 aliphatic heterocycles. The Labute approximate surface area is 117 Å². The van der Waals surface area contributed by atoms with Gasteiger partial charge in [-0.25, -0.2) is 18.1 Å². The van der Waals surface area contributed by atoms with Gasteiger partial charge in [-0.05, 0) is 25.5 Å². The number of nitrogens with one attached hydrogen (secondary N) is 1. The molecule has 104 valence electrons. The van der Waals surface area contributed by atoms with Gasteiger partial charge in [0.15, 0.2) is 10.2 Å². The first kappa shape index (κ1) is 14.3. The van der Waals surface area contributed by atoms with E-state index >= 15 is 0 Å². The summed E-state index contributed by atoms with van der Waals surface area (Å²) in [6.07, 6.45) is 3.31. The second kappa shape index (κ2) is 5.48. The molecule has 2 aromatic heterocycles. The van der Waals surface area contributed by atoms with E-state index in [1.807, 2.05) is 13.8 Å². The van der Waals surface area contributed by atoms with Crippen molar-refractivity contribution in [2.75, 3.05) is 0 Å². The van der Waals surface area contributed by atoms with Gasteiger partial charge in [0.25, 0.3) is 10.0 Å². The highest BCUT2D eigenvalue weighted by Gasteiger charge is 2.25. The van der Waals surface area contributed by atoms with Crippen LogP contribution in [0.4, 0.5) is 0 Å². The van der Waals surface area contributed by atoms with Crippen molar-refractivity contribution in [1.29, 1.82) is 0 Å². The standard InChI is InChI=1S/C12H16ClN3O2S/c1-3-6-9(2)15-19(17,18)12-11(13)14-10-7-4-5-8-16(10)12/h4-5,7-9,15H,3,6H2,1-2H3. The van der Waals surface area contributed by atoms with Gasteiger partial charge in [-0.2, -0.15) is 0 Å². The van der Waals surface area contributed by atoms with E-state index in [1.165, 1.54) is 4.40 Å². The normalized spacial score (nSPS) is 13.8. The fourth-order valence-corrected chi connectivity index (χ4v) is 3.92. The summed E-state index contributed by atoms with van der Waals surface area (Å²) in [6.45, 7) is 3.84. The van der Waals surface area contributed by atoms with Crippen LogP contribution in [0.3, 0.4) is 0 Å². The molecule has 1 unspecified atom stereocenters. The number of aromatic nitrogens is 2. The number of halogens is 1. The number of sulfonamides is 1. The van der Waals surface area contributed by atoms with Gasteiger partial charge in [-0.15, -0.1) is 0 Å². The third-order valence-corrected chi connectivity index (χ3v) is 4.77. The molecule has 0 aliphatic rings. The third-order valence-electron chi connectivity index (χ3n) is 2.78. The van der Waals surface area contributed by atoms with Gasteiger partial charge in [0, 0.05) is 12.2 Å². The second-order valence-corrected chi connectivity index (χ2v) is 6.43. The minimum Gasteiger partial charge on any atom is -0.288 e. The maximum Gasteiger partial charge on any atom is 0.259 e. The van der Waals surface area contributed by atoms with Gasteiger partial charge in [-0.3, -0.25) is 4.40 Å². The first-order chi connectivity index (χ1) is 8.95. The summed E-state index contributed by atoms with van der Waals surface area (Å²) < 4.78 is 28.8. The molecule has 0 radical (unpaired) electrons. The molecule has 0 aliphatic carbocycles. The Morgan fingerprint density at radius 2 is 2.21 bits per heavy atom. The van der Waals surface area contributed by atoms with Crippen molar-refractivity contribution in [3.05, 3.63) is 29.5 Å². The van der Waals surface area contributed by atoms with Crippen LogP contribution in [0, 0.1) is 0 Å². The largest absolute Gasteiger partial charge is 0.288 e. The fourth-order valence-electron chi connectivity index (χ4n) is 2.00. The van der Waals surface area contributed by atoms with Crippen LogP contribution in [0.15, 0.2) is 29.4 Å². The molecule has 0 fully saturated rings. The zero-order valence-corrected chi connectivity index (χ0v) is 12.4. The van der Waals surface area contributed by atoms with E-state index < -0.39 is 10.0 Å². The van der Waals surface area contributed by atoms with E-state index in [2.05, 4.69) is 9.71 Å². The van der Waals surface area contributed by atoms with Crippen LogP contribution in [0.1, 0.15) is 26.7 Å². The molecular weight excluding hydrogens is 286 g/mol. The van der Waals surface area contributed by atoms with Crippen LogP contribution in [-0.4, -0.2) is 23.8 Å². The predicted molar refractivity (Wildman–Crippen MR) is 74.9 cm³/mol. The van der Waals surface area contributed by atoms with Crippen LogP contribution in [0.25, 0.3) is 5.65 Å². The minimum absolute atomic E-state index is 0.00674. The van der Waals surface area contributed by atoms with E-state index in [0.29, 0.717) is 5.65 Å². The Hall–Kier alpha value is -1.11. The lowest BCUT2D eigenvalue weighted by molar-refractivity contribution is 0.540. The zero-order valence-electron chi connectivity index (χ0n) is 10.8. The Bertz CT molecular complexity index is 681. The Balaban J connectivity index is 2.46. The molecule has 1 atom stereocenters. The monoisotopic (exact) mass is 301 g/mol. The van der Waals surface area contributed by atoms with Crippen LogP contribution < -0.4 is 4.72 Å². The lowest BCUT2D eigenvalue weighted by Gasteiger charge is -2.13. The topological polar surface area (TPSA) is 63.5 Å². The highest BCUT2D eigenvalue weighted by molar-refractivity contribution is 7.89. The lowest BCUT2D eigenvalue weighted by Crippen LogP contribution is -2.33. The fraction of sp³-hybridized carbons (Fsp3) is 0.417. The number of hydrogen-bond acceptors (Lipinski definition) is 3. The molecule has 19 heavy (non-hydrogen) atoms. The maximum atomic E-state index is 12.4. The van der Waals surface area contributed by atoms with Gasteiger partial charge in [0.05, 0.1) is 0 Å². The summed E-state index contributed by atoms with van der Waals surface area (Å²) in [7, 11) is -3.68. The molecule has 0 saturated carbocycles. The molecule has 2 rings (SSSR count). The van der Waals surface area contributed by atoms with Crippen LogP contribution in [-0.2, 0) is 10.0 Å². The number of pyridine rings is 1. The van der Waals surface area contributed by atoms with Crippen molar-refractivity contribution >= 4 is 27.3 Å². The van der Waals surface area contributed by atoms with Crippen molar-refractivity contribution in [3.8, 4) is 0 Å². The average Bonchev–Trinajstić information content (AvgIpc) is 2.64. The van der Waals surface area contributed by atoms with Crippen LogP contribution in [0.5, 0.6) is 0 Å². The molecular formula is C12H16ClN3O2S. The molecule has 0 aromatic carbocycles. The van der Waals surface area contributed by atoms with Crippen molar-refractivity contribution in [2.24, 2.45) is 0 Å². The molecule has 2 aromatic rings. The highest BCUT2D eigenvalue weighted by Crippen LogP contribution is 2.22. The summed E-state index contributed by atoms with van der Waals surface area (Å²) >= 11 is 5.96. The number of nitrogens with zero attached hydrogens (tertiary/aromatic N) is 2. The SMILES string of the molecule is CCCC(C)NS(=O)(=O)c1c(Cl)nc2ccccn12. The average molecular weight is 302 g/mol. The molecule has 0 saturated heterocycles. The Morgan fingerprint density at radius 1 is 1.47 bits per heavy atom. The van der Waals surface area contributed by atoms with Crippen molar-refractivity contribution < 1.29 is 8.42 Å². The molecule has 2 heterocycles. The van der Waals surface area contributed by atoms with Gasteiger partial charge in [0.1, 0.15) is 5.65 Å². The van der Waals surface area contributed by atoms with E-state index in [9.17, 15) is 8.42 Å². The van der Waals surface area contributed by atoms with E-state index in [-0.39, 0.29) is 16.2 Å². The third kappa shape index (κ3) is 2.91. The number of imidazole rings is 1. The summed E-state index contributed by atoms with van der Waals surface area (Å²) in [5.41, 5.74) is 0.510. The smallest absolute Gasteiger partial charge is 0.259 e. The predicted octanol–water partition coefficient (Wildman–Crippen LogP) is 2.45. The zero-order chi connectivity index (χ0) is 14.0. The van der Waals surface area contributed by atoms with Gasteiger partial charge < -0.3 is 0 Å².